The smallest absolute Gasteiger partial charge is 0.237 e. The van der Waals surface area contributed by atoms with Crippen LogP contribution in [0.15, 0.2) is 53.4 Å². The van der Waals surface area contributed by atoms with Crippen LogP contribution in [0.3, 0.4) is 0 Å². The third-order valence-corrected chi connectivity index (χ3v) is 6.72. The molecule has 0 bridgehead atoms. The number of carbonyl (C=O) groups is 2. The number of benzene rings is 2. The van der Waals surface area contributed by atoms with Gasteiger partial charge in [-0.25, -0.2) is 0 Å². The number of anilines is 2. The summed E-state index contributed by atoms with van der Waals surface area (Å²) in [6, 6.07) is 16.4. The summed E-state index contributed by atoms with van der Waals surface area (Å²) in [7, 11) is 0. The van der Waals surface area contributed by atoms with Gasteiger partial charge in [0.15, 0.2) is 0 Å². The average molecular weight is 410 g/mol. The van der Waals surface area contributed by atoms with Crippen molar-refractivity contribution in [3.8, 4) is 0 Å². The Morgan fingerprint density at radius 3 is 2.41 bits per heavy atom. The van der Waals surface area contributed by atoms with Gasteiger partial charge in [0, 0.05) is 49.7 Å². The Kier molecular flexibility index (Phi) is 6.09. The Morgan fingerprint density at radius 1 is 0.966 bits per heavy atom. The molecule has 2 amide bonds. The van der Waals surface area contributed by atoms with Crippen LogP contribution < -0.4 is 9.80 Å². The normalized spacial score (nSPS) is 16.7. The molecule has 0 atom stereocenters. The van der Waals surface area contributed by atoms with E-state index in [0.29, 0.717) is 25.1 Å². The molecule has 0 unspecified atom stereocenters. The van der Waals surface area contributed by atoms with Crippen LogP contribution in [0.2, 0.25) is 0 Å². The monoisotopic (exact) mass is 409 g/mol. The van der Waals surface area contributed by atoms with Crippen molar-refractivity contribution in [1.82, 2.24) is 4.90 Å². The van der Waals surface area contributed by atoms with E-state index in [1.54, 1.807) is 11.8 Å². The van der Waals surface area contributed by atoms with Crippen LogP contribution in [0.4, 0.5) is 11.4 Å². The van der Waals surface area contributed by atoms with Gasteiger partial charge in [-0.2, -0.15) is 0 Å². The number of para-hydroxylation sites is 2. The lowest BCUT2D eigenvalue weighted by atomic mass is 10.1. The molecule has 4 rings (SSSR count). The molecule has 2 aliphatic rings. The van der Waals surface area contributed by atoms with E-state index < -0.39 is 0 Å². The van der Waals surface area contributed by atoms with E-state index in [1.807, 2.05) is 28.0 Å². The first kappa shape index (κ1) is 19.8. The standard InChI is InChI=1S/C23H27N3O2S/c1-18-7-2-3-8-19(18)24-13-15-25(16-14-24)22(27)11-6-12-26-20-9-4-5-10-21(20)29-17-23(26)28/h2-5,7-10H,6,11-17H2,1H3. The summed E-state index contributed by atoms with van der Waals surface area (Å²) in [6.45, 7) is 5.99. The summed E-state index contributed by atoms with van der Waals surface area (Å²) in [5.41, 5.74) is 3.52. The quantitative estimate of drug-likeness (QED) is 0.757. The van der Waals surface area contributed by atoms with E-state index >= 15 is 0 Å². The molecule has 0 radical (unpaired) electrons. The highest BCUT2D eigenvalue weighted by Gasteiger charge is 2.25. The molecular formula is C23H27N3O2S. The Hall–Kier alpha value is -2.47. The van der Waals surface area contributed by atoms with Crippen LogP contribution in [-0.2, 0) is 9.59 Å². The van der Waals surface area contributed by atoms with E-state index in [9.17, 15) is 9.59 Å². The summed E-state index contributed by atoms with van der Waals surface area (Å²) < 4.78 is 0. The number of aryl methyl sites for hydroxylation is 1. The van der Waals surface area contributed by atoms with Crippen LogP contribution in [0.1, 0.15) is 18.4 Å². The summed E-state index contributed by atoms with van der Waals surface area (Å²) in [5, 5.41) is 0. The van der Waals surface area contributed by atoms with E-state index in [2.05, 4.69) is 42.2 Å². The number of carbonyl (C=O) groups excluding carboxylic acids is 2. The van der Waals surface area contributed by atoms with Gasteiger partial charge < -0.3 is 14.7 Å². The summed E-state index contributed by atoms with van der Waals surface area (Å²) in [5.74, 6) is 0.806. The Morgan fingerprint density at radius 2 is 1.66 bits per heavy atom. The predicted octanol–water partition coefficient (Wildman–Crippen LogP) is 3.56. The largest absolute Gasteiger partial charge is 0.368 e. The molecule has 2 aromatic rings. The van der Waals surface area contributed by atoms with Crippen molar-refractivity contribution >= 4 is 35.0 Å². The summed E-state index contributed by atoms with van der Waals surface area (Å²) >= 11 is 1.59. The van der Waals surface area contributed by atoms with E-state index in [-0.39, 0.29) is 11.8 Å². The molecule has 0 saturated carbocycles. The fraction of sp³-hybridized carbons (Fsp3) is 0.391. The van der Waals surface area contributed by atoms with Crippen LogP contribution in [0.25, 0.3) is 0 Å². The van der Waals surface area contributed by atoms with Crippen LogP contribution in [0.5, 0.6) is 0 Å². The van der Waals surface area contributed by atoms with Gasteiger partial charge in [-0.3, -0.25) is 9.59 Å². The molecular weight excluding hydrogens is 382 g/mol. The van der Waals surface area contributed by atoms with Crippen molar-refractivity contribution in [2.75, 3.05) is 48.3 Å². The fourth-order valence-corrected chi connectivity index (χ4v) is 5.00. The van der Waals surface area contributed by atoms with Crippen LogP contribution >= 0.6 is 11.8 Å². The highest BCUT2D eigenvalue weighted by Crippen LogP contribution is 2.35. The lowest BCUT2D eigenvalue weighted by Gasteiger charge is -2.37. The first-order valence-electron chi connectivity index (χ1n) is 10.2. The van der Waals surface area contributed by atoms with Crippen molar-refractivity contribution in [2.45, 2.75) is 24.7 Å². The van der Waals surface area contributed by atoms with Crippen molar-refractivity contribution in [1.29, 1.82) is 0 Å². The average Bonchev–Trinajstić information content (AvgIpc) is 2.75. The molecule has 29 heavy (non-hydrogen) atoms. The van der Waals surface area contributed by atoms with Gasteiger partial charge in [-0.1, -0.05) is 30.3 Å². The second-order valence-corrected chi connectivity index (χ2v) is 8.58. The first-order chi connectivity index (χ1) is 14.1. The van der Waals surface area contributed by atoms with Gasteiger partial charge >= 0.3 is 0 Å². The van der Waals surface area contributed by atoms with Crippen molar-refractivity contribution in [3.05, 3.63) is 54.1 Å². The molecule has 2 aliphatic heterocycles. The van der Waals surface area contributed by atoms with E-state index in [1.165, 1.54) is 11.3 Å². The van der Waals surface area contributed by atoms with Gasteiger partial charge in [-0.15, -0.1) is 11.8 Å². The molecule has 152 valence electrons. The SMILES string of the molecule is Cc1ccccc1N1CCN(C(=O)CCCN2C(=O)CSc3ccccc32)CC1. The topological polar surface area (TPSA) is 43.9 Å². The highest BCUT2D eigenvalue weighted by atomic mass is 32.2. The summed E-state index contributed by atoms with van der Waals surface area (Å²) in [6.07, 6.45) is 1.19. The third-order valence-electron chi connectivity index (χ3n) is 5.67. The van der Waals surface area contributed by atoms with Gasteiger partial charge in [-0.05, 0) is 37.1 Å². The van der Waals surface area contributed by atoms with E-state index in [0.717, 1.165) is 36.8 Å². The second-order valence-electron chi connectivity index (χ2n) is 7.56. The second kappa shape index (κ2) is 8.91. The number of hydrogen-bond donors (Lipinski definition) is 0. The number of hydrogen-bond acceptors (Lipinski definition) is 4. The van der Waals surface area contributed by atoms with Gasteiger partial charge in [0.25, 0.3) is 0 Å². The molecule has 0 spiro atoms. The Labute approximate surface area is 176 Å². The number of piperazine rings is 1. The zero-order valence-corrected chi connectivity index (χ0v) is 17.7. The van der Waals surface area contributed by atoms with Crippen molar-refractivity contribution in [3.63, 3.8) is 0 Å². The van der Waals surface area contributed by atoms with Crippen LogP contribution in [-0.4, -0.2) is 55.2 Å². The Balaban J connectivity index is 1.27. The van der Waals surface area contributed by atoms with Crippen LogP contribution in [0, 0.1) is 6.92 Å². The number of thioether (sulfide) groups is 1. The minimum atomic E-state index is 0.132. The van der Waals surface area contributed by atoms with Gasteiger partial charge in [0.1, 0.15) is 0 Å². The summed E-state index contributed by atoms with van der Waals surface area (Å²) in [4.78, 5) is 32.3. The molecule has 0 aliphatic carbocycles. The first-order valence-corrected chi connectivity index (χ1v) is 11.2. The molecule has 5 nitrogen and oxygen atoms in total. The predicted molar refractivity (Wildman–Crippen MR) is 119 cm³/mol. The lowest BCUT2D eigenvalue weighted by Crippen LogP contribution is -2.49. The Bertz CT molecular complexity index is 893. The molecule has 2 aromatic carbocycles. The number of amides is 2. The van der Waals surface area contributed by atoms with E-state index in [4.69, 9.17) is 0 Å². The molecule has 6 heteroatoms. The lowest BCUT2D eigenvalue weighted by molar-refractivity contribution is -0.131. The molecule has 1 fully saturated rings. The number of fused-ring (bicyclic) bond motifs is 1. The maximum absolute atomic E-state index is 12.7. The number of nitrogens with zero attached hydrogens (tertiary/aromatic N) is 3. The maximum Gasteiger partial charge on any atom is 0.237 e. The third kappa shape index (κ3) is 4.42. The van der Waals surface area contributed by atoms with Crippen molar-refractivity contribution in [2.24, 2.45) is 0 Å². The maximum atomic E-state index is 12.7. The van der Waals surface area contributed by atoms with Gasteiger partial charge in [0.05, 0.1) is 11.4 Å². The molecule has 2 heterocycles. The van der Waals surface area contributed by atoms with Gasteiger partial charge in [0.2, 0.25) is 11.8 Å². The molecule has 1 saturated heterocycles. The zero-order valence-electron chi connectivity index (χ0n) is 16.8. The fourth-order valence-electron chi connectivity index (χ4n) is 4.06. The number of rotatable bonds is 5. The molecule has 0 N–H and O–H groups in total. The van der Waals surface area contributed by atoms with Crippen molar-refractivity contribution < 1.29 is 9.59 Å². The zero-order chi connectivity index (χ0) is 20.2. The molecule has 0 aromatic heterocycles. The minimum absolute atomic E-state index is 0.132. The highest BCUT2D eigenvalue weighted by molar-refractivity contribution is 8.00. The minimum Gasteiger partial charge on any atom is -0.368 e.